The fourth-order valence-electron chi connectivity index (χ4n) is 4.75. The predicted octanol–water partition coefficient (Wildman–Crippen LogP) is 4.65. The van der Waals surface area contributed by atoms with Crippen LogP contribution in [-0.4, -0.2) is 74.3 Å². The normalized spacial score (nSPS) is 15.3. The lowest BCUT2D eigenvalue weighted by Crippen LogP contribution is -2.49. The van der Waals surface area contributed by atoms with E-state index in [1.807, 2.05) is 26.2 Å². The molecule has 4 rings (SSSR count). The van der Waals surface area contributed by atoms with Gasteiger partial charge in [-0.1, -0.05) is 12.1 Å². The number of carbonyl (C=O) groups excluding carboxylic acids is 2. The number of likely N-dealkylation sites (tertiary alicyclic amines) is 1. The van der Waals surface area contributed by atoms with E-state index in [1.165, 1.54) is 39.3 Å². The Kier molecular flexibility index (Phi) is 8.94. The minimum atomic E-state index is -1.12. The van der Waals surface area contributed by atoms with Crippen LogP contribution >= 0.6 is 11.3 Å². The van der Waals surface area contributed by atoms with Gasteiger partial charge in [-0.25, -0.2) is 14.2 Å². The van der Waals surface area contributed by atoms with Crippen LogP contribution in [0.25, 0.3) is 21.3 Å². The molecule has 0 radical (unpaired) electrons. The second kappa shape index (κ2) is 12.1. The van der Waals surface area contributed by atoms with Gasteiger partial charge in [-0.05, 0) is 64.2 Å². The third-order valence-corrected chi connectivity index (χ3v) is 8.01. The number of hydrogen-bond acceptors (Lipinski definition) is 7. The molecule has 0 unspecified atom stereocenters. The van der Waals surface area contributed by atoms with Crippen molar-refractivity contribution in [3.05, 3.63) is 52.1 Å². The molecule has 1 aliphatic rings. The Morgan fingerprint density at radius 1 is 1.18 bits per heavy atom. The molecule has 3 heterocycles. The van der Waals surface area contributed by atoms with Crippen molar-refractivity contribution in [3.8, 4) is 11.1 Å². The van der Waals surface area contributed by atoms with Gasteiger partial charge in [0.2, 0.25) is 5.91 Å². The number of benzene rings is 1. The van der Waals surface area contributed by atoms with Gasteiger partial charge in [0.15, 0.2) is 0 Å². The molecule has 0 aliphatic carbocycles. The van der Waals surface area contributed by atoms with Crippen molar-refractivity contribution in [2.24, 2.45) is 0 Å². The zero-order chi connectivity index (χ0) is 29.1. The number of aromatic nitrogens is 2. The van der Waals surface area contributed by atoms with Crippen LogP contribution in [0, 0.1) is 5.82 Å². The number of fused-ring (bicyclic) bond motifs is 1. The first-order chi connectivity index (χ1) is 18.8. The summed E-state index contributed by atoms with van der Waals surface area (Å²) in [6.45, 7) is 6.88. The number of aliphatic hydroxyl groups is 1. The van der Waals surface area contributed by atoms with Gasteiger partial charge in [0.25, 0.3) is 5.56 Å². The van der Waals surface area contributed by atoms with E-state index >= 15 is 0 Å². The summed E-state index contributed by atoms with van der Waals surface area (Å²) in [6, 6.07) is 6.06. The highest BCUT2D eigenvalue weighted by Gasteiger charge is 2.34. The molecule has 0 bridgehead atoms. The topological polar surface area (TPSA) is 105 Å². The van der Waals surface area contributed by atoms with Crippen LogP contribution < -0.4 is 5.56 Å². The first-order valence-electron chi connectivity index (χ1n) is 13.5. The number of nitrogens with zero attached hydrogens (tertiary/aromatic N) is 4. The number of amides is 2. The van der Waals surface area contributed by atoms with E-state index in [1.54, 1.807) is 24.1 Å². The lowest BCUT2D eigenvalue weighted by molar-refractivity contribution is -0.136. The van der Waals surface area contributed by atoms with E-state index < -0.39 is 11.2 Å². The summed E-state index contributed by atoms with van der Waals surface area (Å²) in [5.74, 6) is -0.308. The Balaban J connectivity index is 1.28. The monoisotopic (exact) mass is 572 g/mol. The van der Waals surface area contributed by atoms with Crippen LogP contribution in [0.3, 0.4) is 0 Å². The number of ether oxygens (including phenoxy) is 1. The van der Waals surface area contributed by atoms with Crippen molar-refractivity contribution in [1.82, 2.24) is 19.4 Å². The molecule has 9 nitrogen and oxygen atoms in total. The zero-order valence-electron chi connectivity index (χ0n) is 23.5. The molecule has 1 aliphatic heterocycles. The van der Waals surface area contributed by atoms with Gasteiger partial charge in [-0.3, -0.25) is 14.2 Å². The fraction of sp³-hybridized carbons (Fsp3) is 0.517. The summed E-state index contributed by atoms with van der Waals surface area (Å²) in [4.78, 5) is 45.7. The minimum absolute atomic E-state index is 0.0223. The molecule has 0 saturated carbocycles. The Hall–Kier alpha value is -3.31. The Labute approximate surface area is 237 Å². The first kappa shape index (κ1) is 29.7. The van der Waals surface area contributed by atoms with Crippen LogP contribution in [0.15, 0.2) is 40.8 Å². The molecular weight excluding hydrogens is 535 g/mol. The van der Waals surface area contributed by atoms with Crippen LogP contribution in [0.1, 0.15) is 52.9 Å². The van der Waals surface area contributed by atoms with E-state index in [2.05, 4.69) is 4.98 Å². The highest BCUT2D eigenvalue weighted by Crippen LogP contribution is 2.31. The van der Waals surface area contributed by atoms with Gasteiger partial charge in [0.1, 0.15) is 16.1 Å². The van der Waals surface area contributed by atoms with E-state index in [4.69, 9.17) is 4.74 Å². The highest BCUT2D eigenvalue weighted by atomic mass is 32.1. The molecule has 11 heteroatoms. The molecule has 40 heavy (non-hydrogen) atoms. The standard InChI is InChI=1S/C29H37FN4O5S/c1-28(2,3)39-27(37)32(4)14-6-5-7-23(35)33-15-12-29(38,13-16-33)18-34-19-31-24-22(17-40-25(24)26(34)36)20-8-10-21(30)11-9-20/h8-11,17,19,38H,5-7,12-16,18H2,1-4H3. The van der Waals surface area contributed by atoms with Crippen molar-refractivity contribution < 1.29 is 23.8 Å². The van der Waals surface area contributed by atoms with Crippen molar-refractivity contribution in [3.63, 3.8) is 0 Å². The van der Waals surface area contributed by atoms with E-state index in [0.29, 0.717) is 62.0 Å². The van der Waals surface area contributed by atoms with Gasteiger partial charge < -0.3 is 19.6 Å². The minimum Gasteiger partial charge on any atom is -0.444 e. The quantitative estimate of drug-likeness (QED) is 0.394. The number of halogens is 1. The van der Waals surface area contributed by atoms with Crippen LogP contribution in [0.5, 0.6) is 0 Å². The molecule has 1 N–H and O–H groups in total. The molecule has 1 fully saturated rings. The molecule has 2 aromatic heterocycles. The summed E-state index contributed by atoms with van der Waals surface area (Å²) in [5.41, 5.74) is 0.208. The maximum atomic E-state index is 13.3. The third-order valence-electron chi connectivity index (χ3n) is 7.05. The second-order valence-electron chi connectivity index (χ2n) is 11.5. The second-order valence-corrected chi connectivity index (χ2v) is 12.4. The summed E-state index contributed by atoms with van der Waals surface area (Å²) >= 11 is 1.28. The average molecular weight is 573 g/mol. The molecule has 0 spiro atoms. The van der Waals surface area contributed by atoms with Gasteiger partial charge in [0.05, 0.1) is 24.0 Å². The van der Waals surface area contributed by atoms with E-state index in [-0.39, 0.29) is 29.9 Å². The summed E-state index contributed by atoms with van der Waals surface area (Å²) < 4.78 is 20.6. The van der Waals surface area contributed by atoms with Crippen molar-refractivity contribution >= 4 is 33.6 Å². The summed E-state index contributed by atoms with van der Waals surface area (Å²) in [7, 11) is 1.68. The number of thiophene rings is 1. The largest absolute Gasteiger partial charge is 0.444 e. The van der Waals surface area contributed by atoms with Gasteiger partial charge in [-0.15, -0.1) is 11.3 Å². The summed E-state index contributed by atoms with van der Waals surface area (Å²) in [6.07, 6.45) is 3.49. The van der Waals surface area contributed by atoms with Crippen LogP contribution in [0.4, 0.5) is 9.18 Å². The molecule has 1 aromatic carbocycles. The highest BCUT2D eigenvalue weighted by molar-refractivity contribution is 7.17. The lowest BCUT2D eigenvalue weighted by Gasteiger charge is -2.38. The van der Waals surface area contributed by atoms with Gasteiger partial charge in [0, 0.05) is 44.0 Å². The molecule has 216 valence electrons. The predicted molar refractivity (Wildman–Crippen MR) is 153 cm³/mol. The number of unbranched alkanes of at least 4 members (excludes halogenated alkanes) is 1. The van der Waals surface area contributed by atoms with Crippen molar-refractivity contribution in [2.45, 2.75) is 70.6 Å². The summed E-state index contributed by atoms with van der Waals surface area (Å²) in [5, 5.41) is 13.1. The average Bonchev–Trinajstić information content (AvgIpc) is 3.33. The smallest absolute Gasteiger partial charge is 0.410 e. The maximum Gasteiger partial charge on any atom is 0.410 e. The SMILES string of the molecule is CN(CCCCC(=O)N1CCC(O)(Cn2cnc3c(-c4ccc(F)cc4)csc3c2=O)CC1)C(=O)OC(C)(C)C. The van der Waals surface area contributed by atoms with Gasteiger partial charge >= 0.3 is 6.09 Å². The van der Waals surface area contributed by atoms with Crippen LogP contribution in [0.2, 0.25) is 0 Å². The number of carbonyl (C=O) groups is 2. The molecule has 1 saturated heterocycles. The lowest BCUT2D eigenvalue weighted by atomic mass is 9.91. The first-order valence-corrected chi connectivity index (χ1v) is 14.4. The third kappa shape index (κ3) is 7.25. The molecule has 3 aromatic rings. The van der Waals surface area contributed by atoms with E-state index in [9.17, 15) is 23.9 Å². The Morgan fingerprint density at radius 2 is 1.85 bits per heavy atom. The zero-order valence-corrected chi connectivity index (χ0v) is 24.3. The Morgan fingerprint density at radius 3 is 2.50 bits per heavy atom. The number of rotatable bonds is 8. The molecule has 2 amide bonds. The van der Waals surface area contributed by atoms with Crippen LogP contribution in [-0.2, 0) is 16.1 Å². The van der Waals surface area contributed by atoms with E-state index in [0.717, 1.165) is 11.1 Å². The maximum absolute atomic E-state index is 13.3. The Bertz CT molecular complexity index is 1400. The van der Waals surface area contributed by atoms with Gasteiger partial charge in [-0.2, -0.15) is 0 Å². The van der Waals surface area contributed by atoms with Crippen molar-refractivity contribution in [2.75, 3.05) is 26.7 Å². The molecular formula is C29H37FN4O5S. The number of hydrogen-bond donors (Lipinski definition) is 1. The fourth-order valence-corrected chi connectivity index (χ4v) is 5.73. The number of piperidine rings is 1. The molecule has 0 atom stereocenters. The van der Waals surface area contributed by atoms with Crippen molar-refractivity contribution in [1.29, 1.82) is 0 Å².